The molecule has 3 aromatic carbocycles. The average Bonchev–Trinajstić information content (AvgIpc) is 3.14. The van der Waals surface area contributed by atoms with Crippen molar-refractivity contribution in [3.63, 3.8) is 0 Å². The summed E-state index contributed by atoms with van der Waals surface area (Å²) in [6.45, 7) is 4.69. The molecule has 1 unspecified atom stereocenters. The van der Waals surface area contributed by atoms with Gasteiger partial charge in [0.05, 0.1) is 24.2 Å². The highest BCUT2D eigenvalue weighted by molar-refractivity contribution is 6.30. The second-order valence-corrected chi connectivity index (χ2v) is 9.12. The van der Waals surface area contributed by atoms with E-state index >= 15 is 0 Å². The van der Waals surface area contributed by atoms with Crippen molar-refractivity contribution in [2.75, 3.05) is 7.11 Å². The molecule has 1 heterocycles. The lowest BCUT2D eigenvalue weighted by Crippen LogP contribution is -2.33. The molecule has 0 radical (unpaired) electrons. The third kappa shape index (κ3) is 5.15. The van der Waals surface area contributed by atoms with Gasteiger partial charge in [-0.2, -0.15) is 0 Å². The van der Waals surface area contributed by atoms with Gasteiger partial charge in [-0.05, 0) is 60.0 Å². The molecule has 4 rings (SSSR count). The van der Waals surface area contributed by atoms with Crippen LogP contribution in [0.25, 0.3) is 11.0 Å². The number of benzene rings is 3. The van der Waals surface area contributed by atoms with Gasteiger partial charge in [0.2, 0.25) is 0 Å². The van der Waals surface area contributed by atoms with Crippen molar-refractivity contribution >= 4 is 40.1 Å². The predicted molar refractivity (Wildman–Crippen MR) is 133 cm³/mol. The van der Waals surface area contributed by atoms with Crippen LogP contribution >= 0.6 is 23.2 Å². The van der Waals surface area contributed by atoms with Crippen LogP contribution in [0.4, 0.5) is 0 Å². The molecule has 0 bridgehead atoms. The first-order chi connectivity index (χ1) is 15.9. The Bertz CT molecular complexity index is 1280. The summed E-state index contributed by atoms with van der Waals surface area (Å²) in [5, 5.41) is 4.43. The Labute approximate surface area is 203 Å². The van der Waals surface area contributed by atoms with Crippen LogP contribution in [-0.4, -0.2) is 22.6 Å². The second kappa shape index (κ2) is 9.86. The zero-order chi connectivity index (χ0) is 23.5. The fourth-order valence-electron chi connectivity index (χ4n) is 3.82. The first-order valence-electron chi connectivity index (χ1n) is 10.7. The molecule has 4 aromatic rings. The molecule has 170 valence electrons. The number of carbonyl (C=O) groups is 1. The highest BCUT2D eigenvalue weighted by Crippen LogP contribution is 2.30. The van der Waals surface area contributed by atoms with E-state index in [1.807, 2.05) is 42.5 Å². The average molecular weight is 482 g/mol. The Kier molecular flexibility index (Phi) is 6.91. The summed E-state index contributed by atoms with van der Waals surface area (Å²) in [5.74, 6) is 1.44. The molecule has 0 saturated heterocycles. The van der Waals surface area contributed by atoms with E-state index in [9.17, 15) is 4.79 Å². The van der Waals surface area contributed by atoms with Gasteiger partial charge in [-0.3, -0.25) is 4.79 Å². The van der Waals surface area contributed by atoms with Crippen LogP contribution in [0, 0.1) is 5.92 Å². The molecule has 0 fully saturated rings. The van der Waals surface area contributed by atoms with Gasteiger partial charge in [-0.1, -0.05) is 49.2 Å². The van der Waals surface area contributed by atoms with E-state index in [1.165, 1.54) is 0 Å². The van der Waals surface area contributed by atoms with Crippen LogP contribution in [0.15, 0.2) is 66.7 Å². The fourth-order valence-corrected chi connectivity index (χ4v) is 4.16. The monoisotopic (exact) mass is 481 g/mol. The first-order valence-corrected chi connectivity index (χ1v) is 11.5. The summed E-state index contributed by atoms with van der Waals surface area (Å²) >= 11 is 12.2. The number of amides is 1. The Morgan fingerprint density at radius 2 is 1.79 bits per heavy atom. The summed E-state index contributed by atoms with van der Waals surface area (Å²) in [6, 6.07) is 20.1. The normalized spacial score (nSPS) is 12.2. The van der Waals surface area contributed by atoms with Crippen LogP contribution in [0.2, 0.25) is 10.0 Å². The Hall–Kier alpha value is -3.02. The number of nitrogens with zero attached hydrogens (tertiary/aromatic N) is 2. The zero-order valence-corrected chi connectivity index (χ0v) is 20.2. The first kappa shape index (κ1) is 23.1. The van der Waals surface area contributed by atoms with E-state index in [0.29, 0.717) is 22.2 Å². The summed E-state index contributed by atoms with van der Waals surface area (Å²) in [6.07, 6.45) is 0. The minimum atomic E-state index is -0.314. The molecular formula is C26H25Cl2N3O2. The number of carbonyl (C=O) groups excluding carboxylic acids is 1. The molecule has 1 N–H and O–H groups in total. The number of halogens is 2. The summed E-state index contributed by atoms with van der Waals surface area (Å²) < 4.78 is 7.57. The SMILES string of the molecule is COc1ccc2nc(C(NC(=O)c3ccc(Cl)cc3)C(C)C)n(Cc3cccc(Cl)c3)c2c1. The lowest BCUT2D eigenvalue weighted by atomic mass is 10.0. The standard InChI is InChI=1S/C26H25Cl2N3O2/c1-16(2)24(30-26(32)18-7-9-19(27)10-8-18)25-29-22-12-11-21(33-3)14-23(22)31(25)15-17-5-4-6-20(28)13-17/h4-14,16,24H,15H2,1-3H3,(H,30,32). The van der Waals surface area contributed by atoms with Crippen molar-refractivity contribution < 1.29 is 9.53 Å². The van der Waals surface area contributed by atoms with Gasteiger partial charge in [-0.15, -0.1) is 0 Å². The molecule has 1 aromatic heterocycles. The largest absolute Gasteiger partial charge is 0.497 e. The van der Waals surface area contributed by atoms with E-state index in [-0.39, 0.29) is 17.9 Å². The van der Waals surface area contributed by atoms with Gasteiger partial charge < -0.3 is 14.6 Å². The molecule has 0 aliphatic rings. The van der Waals surface area contributed by atoms with E-state index in [0.717, 1.165) is 28.2 Å². The van der Waals surface area contributed by atoms with Crippen LogP contribution < -0.4 is 10.1 Å². The number of nitrogens with one attached hydrogen (secondary N) is 1. The second-order valence-electron chi connectivity index (χ2n) is 8.24. The van der Waals surface area contributed by atoms with E-state index in [1.54, 1.807) is 31.4 Å². The van der Waals surface area contributed by atoms with Crippen molar-refractivity contribution in [1.82, 2.24) is 14.9 Å². The molecule has 1 amide bonds. The molecular weight excluding hydrogens is 457 g/mol. The Morgan fingerprint density at radius 1 is 1.03 bits per heavy atom. The fraction of sp³-hybridized carbons (Fsp3) is 0.231. The minimum absolute atomic E-state index is 0.0954. The molecule has 1 atom stereocenters. The Balaban J connectivity index is 1.78. The topological polar surface area (TPSA) is 56.1 Å². The number of fused-ring (bicyclic) bond motifs is 1. The molecule has 7 heteroatoms. The molecule has 33 heavy (non-hydrogen) atoms. The number of ether oxygens (including phenoxy) is 1. The molecule has 5 nitrogen and oxygen atoms in total. The molecule has 0 aliphatic heterocycles. The van der Waals surface area contributed by atoms with E-state index < -0.39 is 0 Å². The van der Waals surface area contributed by atoms with Crippen LogP contribution in [-0.2, 0) is 6.54 Å². The third-order valence-corrected chi connectivity index (χ3v) is 6.04. The lowest BCUT2D eigenvalue weighted by Gasteiger charge is -2.23. The van der Waals surface area contributed by atoms with Crippen LogP contribution in [0.5, 0.6) is 5.75 Å². The van der Waals surface area contributed by atoms with Crippen LogP contribution in [0.1, 0.15) is 41.6 Å². The van der Waals surface area contributed by atoms with Crippen molar-refractivity contribution in [1.29, 1.82) is 0 Å². The van der Waals surface area contributed by atoms with Gasteiger partial charge in [-0.25, -0.2) is 4.98 Å². The van der Waals surface area contributed by atoms with Gasteiger partial charge in [0.25, 0.3) is 5.91 Å². The van der Waals surface area contributed by atoms with Gasteiger partial charge >= 0.3 is 0 Å². The smallest absolute Gasteiger partial charge is 0.251 e. The zero-order valence-electron chi connectivity index (χ0n) is 18.7. The number of hydrogen-bond acceptors (Lipinski definition) is 3. The maximum absolute atomic E-state index is 13.0. The lowest BCUT2D eigenvalue weighted by molar-refractivity contribution is 0.0922. The highest BCUT2D eigenvalue weighted by Gasteiger charge is 2.26. The number of hydrogen-bond donors (Lipinski definition) is 1. The van der Waals surface area contributed by atoms with Crippen LogP contribution in [0.3, 0.4) is 0 Å². The highest BCUT2D eigenvalue weighted by atomic mass is 35.5. The number of methoxy groups -OCH3 is 1. The van der Waals surface area contributed by atoms with E-state index in [4.69, 9.17) is 32.9 Å². The van der Waals surface area contributed by atoms with Crippen molar-refractivity contribution in [3.8, 4) is 5.75 Å². The summed E-state index contributed by atoms with van der Waals surface area (Å²) in [4.78, 5) is 18.0. The summed E-state index contributed by atoms with van der Waals surface area (Å²) in [7, 11) is 1.64. The van der Waals surface area contributed by atoms with E-state index in [2.05, 4.69) is 23.7 Å². The number of rotatable bonds is 7. The molecule has 0 saturated carbocycles. The minimum Gasteiger partial charge on any atom is -0.497 e. The number of aromatic nitrogens is 2. The maximum Gasteiger partial charge on any atom is 0.251 e. The Morgan fingerprint density at radius 3 is 2.45 bits per heavy atom. The van der Waals surface area contributed by atoms with Gasteiger partial charge in [0.1, 0.15) is 11.6 Å². The summed E-state index contributed by atoms with van der Waals surface area (Å²) in [5.41, 5.74) is 3.34. The molecule has 0 aliphatic carbocycles. The predicted octanol–water partition coefficient (Wildman–Crippen LogP) is 6.53. The van der Waals surface area contributed by atoms with Crippen molar-refractivity contribution in [2.45, 2.75) is 26.4 Å². The number of imidazole rings is 1. The third-order valence-electron chi connectivity index (χ3n) is 5.55. The molecule has 0 spiro atoms. The van der Waals surface area contributed by atoms with Gasteiger partial charge in [0.15, 0.2) is 0 Å². The van der Waals surface area contributed by atoms with Crippen molar-refractivity contribution in [2.24, 2.45) is 5.92 Å². The quantitative estimate of drug-likeness (QED) is 0.326. The maximum atomic E-state index is 13.0. The van der Waals surface area contributed by atoms with Crippen molar-refractivity contribution in [3.05, 3.63) is 93.7 Å². The van der Waals surface area contributed by atoms with Gasteiger partial charge in [0, 0.05) is 28.2 Å².